The lowest BCUT2D eigenvalue weighted by Gasteiger charge is -2.32. The Labute approximate surface area is 146 Å². The van der Waals surface area contributed by atoms with Crippen molar-refractivity contribution in [2.45, 2.75) is 17.7 Å². The van der Waals surface area contributed by atoms with Gasteiger partial charge in [-0.2, -0.15) is 8.42 Å². The smallest absolute Gasteiger partial charge is 0.285 e. The third-order valence-electron chi connectivity index (χ3n) is 4.49. The van der Waals surface area contributed by atoms with Crippen LogP contribution in [-0.2, 0) is 21.2 Å². The average Bonchev–Trinajstić information content (AvgIpc) is 2.64. The Kier molecular flexibility index (Phi) is 3.80. The molecule has 0 N–H and O–H groups in total. The van der Waals surface area contributed by atoms with E-state index in [-0.39, 0.29) is 17.3 Å². The van der Waals surface area contributed by atoms with Crippen LogP contribution in [0.25, 0.3) is 0 Å². The van der Waals surface area contributed by atoms with Gasteiger partial charge in [0, 0.05) is 12.2 Å². The zero-order valence-electron chi connectivity index (χ0n) is 13.5. The maximum absolute atomic E-state index is 12.9. The number of anilines is 2. The van der Waals surface area contributed by atoms with E-state index in [1.807, 2.05) is 24.3 Å². The Bertz CT molecular complexity index is 969. The molecule has 0 spiro atoms. The van der Waals surface area contributed by atoms with E-state index in [1.165, 1.54) is 12.4 Å². The molecule has 128 valence electrons. The maximum Gasteiger partial charge on any atom is 0.285 e. The number of aryl methyl sites for hydroxylation is 1. The third kappa shape index (κ3) is 2.80. The lowest BCUT2D eigenvalue weighted by Crippen LogP contribution is -2.43. The van der Waals surface area contributed by atoms with Gasteiger partial charge < -0.3 is 9.80 Å². The molecule has 0 radical (unpaired) electrons. The van der Waals surface area contributed by atoms with E-state index in [1.54, 1.807) is 28.0 Å². The maximum atomic E-state index is 12.9. The normalized spacial score (nSPS) is 17.8. The highest BCUT2D eigenvalue weighted by Crippen LogP contribution is 2.30. The molecular formula is C18H17N3O3S. The number of amides is 1. The fourth-order valence-electron chi connectivity index (χ4n) is 3.30. The van der Waals surface area contributed by atoms with Crippen LogP contribution in [0.15, 0.2) is 57.8 Å². The highest BCUT2D eigenvalue weighted by atomic mass is 32.2. The lowest BCUT2D eigenvalue weighted by atomic mass is 10.0. The van der Waals surface area contributed by atoms with Gasteiger partial charge in [-0.1, -0.05) is 30.3 Å². The molecule has 2 aromatic carbocycles. The Morgan fingerprint density at radius 3 is 2.60 bits per heavy atom. The number of fused-ring (bicyclic) bond motifs is 2. The van der Waals surface area contributed by atoms with Gasteiger partial charge in [0.05, 0.1) is 5.69 Å². The second kappa shape index (κ2) is 6.00. The summed E-state index contributed by atoms with van der Waals surface area (Å²) in [5.74, 6) is -0.0762. The molecule has 0 aliphatic carbocycles. The topological polar surface area (TPSA) is 70.0 Å². The summed E-state index contributed by atoms with van der Waals surface area (Å²) in [7, 11) is -3.68. The molecule has 25 heavy (non-hydrogen) atoms. The van der Waals surface area contributed by atoms with Gasteiger partial charge in [-0.05, 0) is 36.6 Å². The van der Waals surface area contributed by atoms with Gasteiger partial charge in [0.2, 0.25) is 5.91 Å². The molecule has 0 fully saturated rings. The second-order valence-electron chi connectivity index (χ2n) is 6.07. The standard InChI is InChI=1S/C18H17N3O3S/c22-18(21-11-5-7-14-6-1-2-8-15(14)21)12-20-13-19-25(23,24)17-10-4-3-9-16(17)20/h1-4,6,8-10,13H,5,7,11-12H2. The number of para-hydroxylation sites is 2. The molecule has 2 heterocycles. The van der Waals surface area contributed by atoms with Crippen LogP contribution < -0.4 is 9.80 Å². The van der Waals surface area contributed by atoms with E-state index in [9.17, 15) is 13.2 Å². The highest BCUT2D eigenvalue weighted by molar-refractivity contribution is 7.90. The lowest BCUT2D eigenvalue weighted by molar-refractivity contribution is -0.117. The summed E-state index contributed by atoms with van der Waals surface area (Å²) in [4.78, 5) is 16.4. The van der Waals surface area contributed by atoms with Crippen molar-refractivity contribution in [1.29, 1.82) is 0 Å². The highest BCUT2D eigenvalue weighted by Gasteiger charge is 2.28. The molecule has 2 aliphatic heterocycles. The average molecular weight is 355 g/mol. The first kappa shape index (κ1) is 15.8. The molecule has 1 amide bonds. The summed E-state index contributed by atoms with van der Waals surface area (Å²) in [6.45, 7) is 0.713. The number of hydrogen-bond acceptors (Lipinski definition) is 4. The van der Waals surface area contributed by atoms with Gasteiger partial charge in [-0.15, -0.1) is 4.40 Å². The van der Waals surface area contributed by atoms with Crippen LogP contribution in [0.1, 0.15) is 12.0 Å². The zero-order valence-corrected chi connectivity index (χ0v) is 14.3. The van der Waals surface area contributed by atoms with Crippen molar-refractivity contribution in [3.8, 4) is 0 Å². The van der Waals surface area contributed by atoms with Gasteiger partial charge in [0.25, 0.3) is 10.0 Å². The van der Waals surface area contributed by atoms with Crippen LogP contribution in [0.2, 0.25) is 0 Å². The molecule has 0 saturated heterocycles. The number of carbonyl (C=O) groups is 1. The van der Waals surface area contributed by atoms with E-state index >= 15 is 0 Å². The first-order chi connectivity index (χ1) is 12.1. The van der Waals surface area contributed by atoms with E-state index in [0.717, 1.165) is 24.1 Å². The van der Waals surface area contributed by atoms with Crippen LogP contribution in [0.3, 0.4) is 0 Å². The third-order valence-corrected chi connectivity index (χ3v) is 5.77. The van der Waals surface area contributed by atoms with Crippen LogP contribution in [0, 0.1) is 0 Å². The number of benzene rings is 2. The minimum absolute atomic E-state index is 0.0460. The summed E-state index contributed by atoms with van der Waals surface area (Å²) < 4.78 is 27.7. The molecule has 0 atom stereocenters. The van der Waals surface area contributed by atoms with Gasteiger partial charge in [-0.25, -0.2) is 0 Å². The SMILES string of the molecule is O=C(CN1C=NS(=O)(=O)c2ccccc21)N1CCCc2ccccc21. The largest absolute Gasteiger partial charge is 0.321 e. The first-order valence-corrected chi connectivity index (χ1v) is 9.55. The molecule has 2 aliphatic rings. The molecule has 6 nitrogen and oxygen atoms in total. The number of nitrogens with zero attached hydrogens (tertiary/aromatic N) is 3. The summed E-state index contributed by atoms with van der Waals surface area (Å²) in [6, 6.07) is 14.5. The molecule has 0 saturated carbocycles. The van der Waals surface area contributed by atoms with Gasteiger partial charge in [0.1, 0.15) is 17.8 Å². The van der Waals surface area contributed by atoms with Crippen LogP contribution >= 0.6 is 0 Å². The Morgan fingerprint density at radius 2 is 1.76 bits per heavy atom. The minimum atomic E-state index is -3.68. The molecule has 0 aromatic heterocycles. The van der Waals surface area contributed by atoms with Crippen molar-refractivity contribution in [2.24, 2.45) is 4.40 Å². The fourth-order valence-corrected chi connectivity index (χ4v) is 4.35. The Hall–Kier alpha value is -2.67. The molecule has 7 heteroatoms. The van der Waals surface area contributed by atoms with Gasteiger partial charge in [0.15, 0.2) is 0 Å². The zero-order chi connectivity index (χ0) is 17.4. The van der Waals surface area contributed by atoms with Crippen molar-refractivity contribution in [3.63, 3.8) is 0 Å². The fraction of sp³-hybridized carbons (Fsp3) is 0.222. The van der Waals surface area contributed by atoms with Crippen molar-refractivity contribution in [1.82, 2.24) is 0 Å². The van der Waals surface area contributed by atoms with E-state index in [0.29, 0.717) is 12.2 Å². The van der Waals surface area contributed by atoms with Crippen LogP contribution in [0.4, 0.5) is 11.4 Å². The van der Waals surface area contributed by atoms with Crippen molar-refractivity contribution in [2.75, 3.05) is 22.9 Å². The van der Waals surface area contributed by atoms with Crippen molar-refractivity contribution >= 4 is 33.6 Å². The molecule has 2 aromatic rings. The van der Waals surface area contributed by atoms with E-state index in [2.05, 4.69) is 4.40 Å². The number of sulfonamides is 1. The van der Waals surface area contributed by atoms with Gasteiger partial charge >= 0.3 is 0 Å². The molecule has 4 rings (SSSR count). The van der Waals surface area contributed by atoms with Gasteiger partial charge in [-0.3, -0.25) is 4.79 Å². The predicted molar refractivity (Wildman–Crippen MR) is 96.6 cm³/mol. The Morgan fingerprint density at radius 1 is 1.04 bits per heavy atom. The van der Waals surface area contributed by atoms with Crippen LogP contribution in [0.5, 0.6) is 0 Å². The quantitative estimate of drug-likeness (QED) is 0.828. The molecular weight excluding hydrogens is 338 g/mol. The second-order valence-corrected chi connectivity index (χ2v) is 7.67. The summed E-state index contributed by atoms with van der Waals surface area (Å²) in [6.07, 6.45) is 3.11. The van der Waals surface area contributed by atoms with E-state index in [4.69, 9.17) is 0 Å². The number of carbonyl (C=O) groups excluding carboxylic acids is 1. The van der Waals surface area contributed by atoms with E-state index < -0.39 is 10.0 Å². The molecule has 0 unspecified atom stereocenters. The number of hydrogen-bond donors (Lipinski definition) is 0. The Balaban J connectivity index is 1.63. The summed E-state index contributed by atoms with van der Waals surface area (Å²) in [5, 5.41) is 0. The predicted octanol–water partition coefficient (Wildman–Crippen LogP) is 2.20. The molecule has 0 bridgehead atoms. The minimum Gasteiger partial charge on any atom is -0.321 e. The van der Waals surface area contributed by atoms with Crippen LogP contribution in [-0.4, -0.2) is 33.8 Å². The summed E-state index contributed by atoms with van der Waals surface area (Å²) >= 11 is 0. The van der Waals surface area contributed by atoms with Crippen molar-refractivity contribution < 1.29 is 13.2 Å². The number of rotatable bonds is 2. The monoisotopic (exact) mass is 355 g/mol. The summed E-state index contributed by atoms with van der Waals surface area (Å²) in [5.41, 5.74) is 2.59. The van der Waals surface area contributed by atoms with Crippen molar-refractivity contribution in [3.05, 3.63) is 54.1 Å². The first-order valence-electron chi connectivity index (χ1n) is 8.11.